The lowest BCUT2D eigenvalue weighted by Gasteiger charge is -2.20. The normalized spacial score (nSPS) is 13.2. The Morgan fingerprint density at radius 2 is 1.60 bits per heavy atom. The van der Waals surface area contributed by atoms with Crippen LogP contribution in [-0.4, -0.2) is 20.9 Å². The molecule has 1 N–H and O–H groups in total. The van der Waals surface area contributed by atoms with Crippen LogP contribution in [-0.2, 0) is 16.4 Å². The predicted molar refractivity (Wildman–Crippen MR) is 120 cm³/mol. The molecular weight excluding hydrogens is 396 g/mol. The second-order valence-electron chi connectivity index (χ2n) is 7.70. The van der Waals surface area contributed by atoms with Gasteiger partial charge >= 0.3 is 0 Å². The maximum absolute atomic E-state index is 13.1. The van der Waals surface area contributed by atoms with Gasteiger partial charge in [-0.15, -0.1) is 0 Å². The van der Waals surface area contributed by atoms with Gasteiger partial charge in [0, 0.05) is 17.8 Å². The number of amides is 1. The number of sulfonamides is 1. The number of para-hydroxylation sites is 1. The molecule has 3 aromatic rings. The second kappa shape index (κ2) is 7.61. The lowest BCUT2D eigenvalue weighted by molar-refractivity contribution is 0.102. The summed E-state index contributed by atoms with van der Waals surface area (Å²) in [6, 6.07) is 17.9. The molecular formula is C24H24N2O3S. The van der Waals surface area contributed by atoms with Crippen molar-refractivity contribution in [3.8, 4) is 0 Å². The van der Waals surface area contributed by atoms with E-state index in [-0.39, 0.29) is 10.8 Å². The molecule has 4 rings (SSSR count). The number of hydrogen-bond donors (Lipinski definition) is 1. The fourth-order valence-corrected chi connectivity index (χ4v) is 5.30. The molecule has 0 aromatic heterocycles. The van der Waals surface area contributed by atoms with Crippen molar-refractivity contribution in [2.75, 3.05) is 16.2 Å². The lowest BCUT2D eigenvalue weighted by atomic mass is 10.1. The molecule has 0 aliphatic carbocycles. The van der Waals surface area contributed by atoms with Crippen LogP contribution >= 0.6 is 0 Å². The van der Waals surface area contributed by atoms with Crippen LogP contribution in [0.25, 0.3) is 0 Å². The SMILES string of the molecule is Cc1ccc(S(=O)(=O)N2CCc3cc(C(=O)Nc4c(C)cccc4C)ccc32)cc1. The third-order valence-electron chi connectivity index (χ3n) is 5.52. The number of fused-ring (bicyclic) bond motifs is 1. The zero-order chi connectivity index (χ0) is 21.5. The molecule has 0 saturated heterocycles. The van der Waals surface area contributed by atoms with Gasteiger partial charge in [0.05, 0.1) is 10.6 Å². The third-order valence-corrected chi connectivity index (χ3v) is 7.35. The summed E-state index contributed by atoms with van der Waals surface area (Å²) in [5.41, 5.74) is 5.84. The van der Waals surface area contributed by atoms with Gasteiger partial charge in [0.2, 0.25) is 0 Å². The first-order chi connectivity index (χ1) is 14.3. The molecule has 154 valence electrons. The van der Waals surface area contributed by atoms with Gasteiger partial charge in [0.25, 0.3) is 15.9 Å². The van der Waals surface area contributed by atoms with Gasteiger partial charge in [-0.05, 0) is 74.2 Å². The summed E-state index contributed by atoms with van der Waals surface area (Å²) >= 11 is 0. The number of carbonyl (C=O) groups is 1. The monoisotopic (exact) mass is 420 g/mol. The Labute approximate surface area is 177 Å². The van der Waals surface area contributed by atoms with Gasteiger partial charge in [-0.2, -0.15) is 0 Å². The molecule has 30 heavy (non-hydrogen) atoms. The standard InChI is InChI=1S/C24H24N2O3S/c1-16-7-10-21(11-8-16)30(28,29)26-14-13-19-15-20(9-12-22(19)26)24(27)25-23-17(2)5-4-6-18(23)3/h4-12,15H,13-14H2,1-3H3,(H,25,27). The van der Waals surface area contributed by atoms with Gasteiger partial charge in [-0.3, -0.25) is 9.10 Å². The van der Waals surface area contributed by atoms with E-state index in [2.05, 4.69) is 5.32 Å². The molecule has 0 fully saturated rings. The summed E-state index contributed by atoms with van der Waals surface area (Å²) in [6.07, 6.45) is 0.574. The van der Waals surface area contributed by atoms with E-state index in [1.807, 2.05) is 39.0 Å². The van der Waals surface area contributed by atoms with E-state index in [9.17, 15) is 13.2 Å². The summed E-state index contributed by atoms with van der Waals surface area (Å²) in [5.74, 6) is -0.199. The quantitative estimate of drug-likeness (QED) is 0.670. The third kappa shape index (κ3) is 3.59. The van der Waals surface area contributed by atoms with E-state index >= 15 is 0 Å². The zero-order valence-corrected chi connectivity index (χ0v) is 18.1. The molecule has 0 bridgehead atoms. The summed E-state index contributed by atoms with van der Waals surface area (Å²) in [5, 5.41) is 2.99. The highest BCUT2D eigenvalue weighted by Gasteiger charge is 2.31. The first-order valence-electron chi connectivity index (χ1n) is 9.87. The fourth-order valence-electron chi connectivity index (χ4n) is 3.80. The van der Waals surface area contributed by atoms with E-state index in [4.69, 9.17) is 0 Å². The van der Waals surface area contributed by atoms with Crippen LogP contribution in [0, 0.1) is 20.8 Å². The van der Waals surface area contributed by atoms with E-state index < -0.39 is 10.0 Å². The molecule has 0 saturated carbocycles. The highest BCUT2D eigenvalue weighted by molar-refractivity contribution is 7.92. The number of rotatable bonds is 4. The number of nitrogens with one attached hydrogen (secondary N) is 1. The van der Waals surface area contributed by atoms with Crippen molar-refractivity contribution in [3.63, 3.8) is 0 Å². The Balaban J connectivity index is 1.61. The van der Waals surface area contributed by atoms with Gasteiger partial charge < -0.3 is 5.32 Å². The van der Waals surface area contributed by atoms with Crippen molar-refractivity contribution in [1.82, 2.24) is 0 Å². The summed E-state index contributed by atoms with van der Waals surface area (Å²) in [6.45, 7) is 6.21. The van der Waals surface area contributed by atoms with Crippen LogP contribution in [0.15, 0.2) is 65.6 Å². The summed E-state index contributed by atoms with van der Waals surface area (Å²) in [7, 11) is -3.63. The van der Waals surface area contributed by atoms with Crippen molar-refractivity contribution in [3.05, 3.63) is 88.5 Å². The molecule has 0 atom stereocenters. The Morgan fingerprint density at radius 1 is 0.933 bits per heavy atom. The highest BCUT2D eigenvalue weighted by Crippen LogP contribution is 2.34. The Morgan fingerprint density at radius 3 is 2.27 bits per heavy atom. The molecule has 5 nitrogen and oxygen atoms in total. The van der Waals surface area contributed by atoms with Crippen molar-refractivity contribution < 1.29 is 13.2 Å². The second-order valence-corrected chi connectivity index (χ2v) is 9.57. The van der Waals surface area contributed by atoms with E-state index in [0.717, 1.165) is 27.9 Å². The minimum Gasteiger partial charge on any atom is -0.322 e. The maximum atomic E-state index is 13.1. The van der Waals surface area contributed by atoms with Crippen LogP contribution in [0.5, 0.6) is 0 Å². The van der Waals surface area contributed by atoms with Crippen molar-refractivity contribution in [2.45, 2.75) is 32.1 Å². The van der Waals surface area contributed by atoms with Crippen LogP contribution in [0.2, 0.25) is 0 Å². The molecule has 0 spiro atoms. The zero-order valence-electron chi connectivity index (χ0n) is 17.3. The molecule has 1 aliphatic rings. The molecule has 6 heteroatoms. The van der Waals surface area contributed by atoms with Crippen LogP contribution in [0.1, 0.15) is 32.6 Å². The topological polar surface area (TPSA) is 66.5 Å². The summed E-state index contributed by atoms with van der Waals surface area (Å²) in [4.78, 5) is 13.1. The number of anilines is 2. The number of hydrogen-bond acceptors (Lipinski definition) is 3. The van der Waals surface area contributed by atoms with Gasteiger partial charge in [0.15, 0.2) is 0 Å². The van der Waals surface area contributed by atoms with Gasteiger partial charge in [-0.1, -0.05) is 35.9 Å². The molecule has 1 heterocycles. The number of nitrogens with zero attached hydrogens (tertiary/aromatic N) is 1. The van der Waals surface area contributed by atoms with Gasteiger partial charge in [-0.25, -0.2) is 8.42 Å². The first kappa shape index (κ1) is 20.2. The van der Waals surface area contributed by atoms with E-state index in [1.165, 1.54) is 4.31 Å². The number of aryl methyl sites for hydroxylation is 3. The maximum Gasteiger partial charge on any atom is 0.264 e. The Kier molecular flexibility index (Phi) is 5.12. The van der Waals surface area contributed by atoms with Crippen LogP contribution in [0.4, 0.5) is 11.4 Å². The molecule has 0 unspecified atom stereocenters. The van der Waals surface area contributed by atoms with E-state index in [1.54, 1.807) is 42.5 Å². The lowest BCUT2D eigenvalue weighted by Crippen LogP contribution is -2.29. The highest BCUT2D eigenvalue weighted by atomic mass is 32.2. The Bertz CT molecular complexity index is 1210. The van der Waals surface area contributed by atoms with Gasteiger partial charge in [0.1, 0.15) is 0 Å². The predicted octanol–water partition coefficient (Wildman–Crippen LogP) is 4.62. The average molecular weight is 421 g/mol. The molecule has 3 aromatic carbocycles. The minimum absolute atomic E-state index is 0.199. The molecule has 1 amide bonds. The Hall–Kier alpha value is -3.12. The number of benzene rings is 3. The first-order valence-corrected chi connectivity index (χ1v) is 11.3. The minimum atomic E-state index is -3.63. The summed E-state index contributed by atoms with van der Waals surface area (Å²) < 4.78 is 27.6. The molecule has 0 radical (unpaired) electrons. The van der Waals surface area contributed by atoms with E-state index in [0.29, 0.717) is 24.2 Å². The van der Waals surface area contributed by atoms with Crippen LogP contribution < -0.4 is 9.62 Å². The number of carbonyl (C=O) groups excluding carboxylic acids is 1. The van der Waals surface area contributed by atoms with Crippen LogP contribution in [0.3, 0.4) is 0 Å². The average Bonchev–Trinajstić information content (AvgIpc) is 3.15. The molecule has 1 aliphatic heterocycles. The van der Waals surface area contributed by atoms with Crippen molar-refractivity contribution in [2.24, 2.45) is 0 Å². The smallest absolute Gasteiger partial charge is 0.264 e. The largest absolute Gasteiger partial charge is 0.322 e. The fraction of sp³-hybridized carbons (Fsp3) is 0.208. The van der Waals surface area contributed by atoms with Crippen molar-refractivity contribution >= 4 is 27.3 Å². The van der Waals surface area contributed by atoms with Crippen molar-refractivity contribution in [1.29, 1.82) is 0 Å².